The van der Waals surface area contributed by atoms with Crippen LogP contribution in [0, 0.1) is 6.92 Å². The van der Waals surface area contributed by atoms with Crippen LogP contribution in [0.4, 0.5) is 0 Å². The molecular weight excluding hydrogens is 340 g/mol. The smallest absolute Gasteiger partial charge is 0.254 e. The van der Waals surface area contributed by atoms with Crippen LogP contribution in [-0.4, -0.2) is 42.2 Å². The molecule has 1 aromatic heterocycles. The van der Waals surface area contributed by atoms with E-state index in [1.54, 1.807) is 24.3 Å². The van der Waals surface area contributed by atoms with Crippen LogP contribution in [-0.2, 0) is 16.6 Å². The third-order valence-electron chi connectivity index (χ3n) is 3.60. The van der Waals surface area contributed by atoms with E-state index < -0.39 is 10.0 Å². The Morgan fingerprint density at radius 2 is 1.76 bits per heavy atom. The first-order valence-corrected chi connectivity index (χ1v) is 9.40. The first kappa shape index (κ1) is 19.0. The number of amides is 1. The Kier molecular flexibility index (Phi) is 6.22. The van der Waals surface area contributed by atoms with E-state index in [4.69, 9.17) is 0 Å². The number of carbonyl (C=O) groups is 1. The Balaban J connectivity index is 2.08. The van der Waals surface area contributed by atoms with Gasteiger partial charge in [0.05, 0.1) is 17.0 Å². The Morgan fingerprint density at radius 3 is 2.32 bits per heavy atom. The molecule has 0 atom stereocenters. The molecule has 2 rings (SSSR count). The van der Waals surface area contributed by atoms with E-state index in [0.29, 0.717) is 17.9 Å². The predicted molar refractivity (Wildman–Crippen MR) is 94.5 cm³/mol. The fourth-order valence-corrected chi connectivity index (χ4v) is 3.19. The highest BCUT2D eigenvalue weighted by Crippen LogP contribution is 2.16. The number of hydrogen-bond donors (Lipinski definition) is 1. The highest BCUT2D eigenvalue weighted by atomic mass is 32.2. The van der Waals surface area contributed by atoms with Gasteiger partial charge in [-0.05, 0) is 25.5 Å². The molecule has 0 radical (unpaired) electrons. The predicted octanol–water partition coefficient (Wildman–Crippen LogP) is 1.75. The van der Waals surface area contributed by atoms with Crippen LogP contribution in [0.25, 0.3) is 0 Å². The lowest BCUT2D eigenvalue weighted by Gasteiger charge is -2.16. The second-order valence-electron chi connectivity index (χ2n) is 5.72. The van der Waals surface area contributed by atoms with E-state index in [-0.39, 0.29) is 17.3 Å². The van der Waals surface area contributed by atoms with Gasteiger partial charge in [-0.2, -0.15) is 4.31 Å². The van der Waals surface area contributed by atoms with Crippen molar-refractivity contribution in [2.75, 3.05) is 13.6 Å². The fraction of sp³-hybridized carbons (Fsp3) is 0.353. The van der Waals surface area contributed by atoms with Gasteiger partial charge in [-0.1, -0.05) is 24.6 Å². The van der Waals surface area contributed by atoms with Crippen LogP contribution in [0.2, 0.25) is 0 Å². The molecule has 0 saturated heterocycles. The van der Waals surface area contributed by atoms with Gasteiger partial charge in [-0.3, -0.25) is 4.79 Å². The quantitative estimate of drug-likeness (QED) is 0.810. The van der Waals surface area contributed by atoms with Crippen molar-refractivity contribution in [3.63, 3.8) is 0 Å². The lowest BCUT2D eigenvalue weighted by atomic mass is 10.2. The molecule has 0 spiro atoms. The summed E-state index contributed by atoms with van der Waals surface area (Å²) in [5.41, 5.74) is 1.34. The number of nitrogens with zero attached hydrogens (tertiary/aromatic N) is 3. The van der Waals surface area contributed by atoms with Crippen LogP contribution < -0.4 is 5.32 Å². The van der Waals surface area contributed by atoms with Gasteiger partial charge in [0.1, 0.15) is 5.82 Å². The normalized spacial score (nSPS) is 11.5. The minimum atomic E-state index is -3.62. The summed E-state index contributed by atoms with van der Waals surface area (Å²) >= 11 is 0. The SMILES string of the molecule is CCCNC(=O)c1cnc(CN(C)S(=O)(=O)c2ccc(C)cc2)nc1. The zero-order chi connectivity index (χ0) is 18.4. The molecular formula is C17H22N4O3S. The van der Waals surface area contributed by atoms with Crippen LogP contribution in [0.1, 0.15) is 35.1 Å². The summed E-state index contributed by atoms with van der Waals surface area (Å²) in [6, 6.07) is 6.65. The molecule has 1 amide bonds. The Morgan fingerprint density at radius 1 is 1.16 bits per heavy atom. The lowest BCUT2D eigenvalue weighted by Crippen LogP contribution is -2.28. The summed E-state index contributed by atoms with van der Waals surface area (Å²) < 4.78 is 26.3. The van der Waals surface area contributed by atoms with Gasteiger partial charge in [0.25, 0.3) is 5.91 Å². The first-order valence-electron chi connectivity index (χ1n) is 7.96. The van der Waals surface area contributed by atoms with Crippen molar-refractivity contribution in [1.29, 1.82) is 0 Å². The number of sulfonamides is 1. The molecule has 25 heavy (non-hydrogen) atoms. The molecule has 134 valence electrons. The molecule has 8 heteroatoms. The second kappa shape index (κ2) is 8.17. The molecule has 0 unspecified atom stereocenters. The fourth-order valence-electron chi connectivity index (χ4n) is 2.07. The summed E-state index contributed by atoms with van der Waals surface area (Å²) in [6.07, 6.45) is 3.64. The maximum absolute atomic E-state index is 12.5. The van der Waals surface area contributed by atoms with Crippen molar-refractivity contribution < 1.29 is 13.2 Å². The van der Waals surface area contributed by atoms with Gasteiger partial charge in [-0.15, -0.1) is 0 Å². The Bertz CT molecular complexity index is 818. The summed E-state index contributed by atoms with van der Waals surface area (Å²) in [4.78, 5) is 20.2. The lowest BCUT2D eigenvalue weighted by molar-refractivity contribution is 0.0953. The standard InChI is InChI=1S/C17H22N4O3S/c1-4-9-18-17(22)14-10-19-16(20-11-14)12-21(3)25(23,24)15-7-5-13(2)6-8-15/h5-8,10-11H,4,9,12H2,1-3H3,(H,18,22). The molecule has 0 fully saturated rings. The van der Waals surface area contributed by atoms with Crippen LogP contribution in [0.5, 0.6) is 0 Å². The van der Waals surface area contributed by atoms with Crippen LogP contribution in [0.3, 0.4) is 0 Å². The van der Waals surface area contributed by atoms with Crippen molar-refractivity contribution in [2.45, 2.75) is 31.7 Å². The topological polar surface area (TPSA) is 92.3 Å². The second-order valence-corrected chi connectivity index (χ2v) is 7.76. The summed E-state index contributed by atoms with van der Waals surface area (Å²) in [5.74, 6) is 0.0826. The van der Waals surface area contributed by atoms with Gasteiger partial charge in [0.2, 0.25) is 10.0 Å². The van der Waals surface area contributed by atoms with E-state index in [2.05, 4.69) is 15.3 Å². The van der Waals surface area contributed by atoms with Gasteiger partial charge < -0.3 is 5.32 Å². The van der Waals surface area contributed by atoms with Crippen molar-refractivity contribution in [1.82, 2.24) is 19.6 Å². The Labute approximate surface area is 148 Å². The van der Waals surface area contributed by atoms with Crippen LogP contribution in [0.15, 0.2) is 41.6 Å². The highest BCUT2D eigenvalue weighted by molar-refractivity contribution is 7.89. The van der Waals surface area contributed by atoms with Gasteiger partial charge in [0, 0.05) is 26.0 Å². The number of rotatable bonds is 7. The van der Waals surface area contributed by atoms with Crippen molar-refractivity contribution >= 4 is 15.9 Å². The molecule has 0 aliphatic heterocycles. The number of benzene rings is 1. The largest absolute Gasteiger partial charge is 0.352 e. The molecule has 0 aliphatic rings. The van der Waals surface area contributed by atoms with Crippen LogP contribution >= 0.6 is 0 Å². The maximum atomic E-state index is 12.5. The maximum Gasteiger partial charge on any atom is 0.254 e. The average molecular weight is 362 g/mol. The number of hydrogen-bond acceptors (Lipinski definition) is 5. The van der Waals surface area contributed by atoms with Crippen molar-refractivity contribution in [3.8, 4) is 0 Å². The average Bonchev–Trinajstić information content (AvgIpc) is 2.60. The third-order valence-corrected chi connectivity index (χ3v) is 5.41. The Hall–Kier alpha value is -2.32. The van der Waals surface area contributed by atoms with Gasteiger partial charge >= 0.3 is 0 Å². The molecule has 1 aromatic carbocycles. The summed E-state index contributed by atoms with van der Waals surface area (Å²) in [6.45, 7) is 4.46. The number of nitrogens with one attached hydrogen (secondary N) is 1. The zero-order valence-corrected chi connectivity index (χ0v) is 15.4. The molecule has 7 nitrogen and oxygen atoms in total. The third kappa shape index (κ3) is 4.83. The molecule has 1 heterocycles. The first-order chi connectivity index (χ1) is 11.8. The number of aryl methyl sites for hydroxylation is 1. The van der Waals surface area contributed by atoms with E-state index in [1.165, 1.54) is 23.7 Å². The zero-order valence-electron chi connectivity index (χ0n) is 14.6. The monoisotopic (exact) mass is 362 g/mol. The molecule has 2 aromatic rings. The molecule has 0 bridgehead atoms. The minimum absolute atomic E-state index is 0.0209. The van der Waals surface area contributed by atoms with Gasteiger partial charge in [0.15, 0.2) is 0 Å². The molecule has 0 saturated carbocycles. The van der Waals surface area contributed by atoms with E-state index in [0.717, 1.165) is 12.0 Å². The number of aromatic nitrogens is 2. The van der Waals surface area contributed by atoms with E-state index in [1.807, 2.05) is 13.8 Å². The number of carbonyl (C=O) groups excluding carboxylic acids is 1. The van der Waals surface area contributed by atoms with Gasteiger partial charge in [-0.25, -0.2) is 18.4 Å². The molecule has 0 aliphatic carbocycles. The van der Waals surface area contributed by atoms with E-state index in [9.17, 15) is 13.2 Å². The molecule has 1 N–H and O–H groups in total. The van der Waals surface area contributed by atoms with Crippen molar-refractivity contribution in [3.05, 3.63) is 53.6 Å². The minimum Gasteiger partial charge on any atom is -0.352 e. The summed E-state index contributed by atoms with van der Waals surface area (Å²) in [5, 5.41) is 2.73. The van der Waals surface area contributed by atoms with Crippen molar-refractivity contribution in [2.24, 2.45) is 0 Å². The summed E-state index contributed by atoms with van der Waals surface area (Å²) in [7, 11) is -2.15. The highest BCUT2D eigenvalue weighted by Gasteiger charge is 2.21. The van der Waals surface area contributed by atoms with E-state index >= 15 is 0 Å².